The van der Waals surface area contributed by atoms with Gasteiger partial charge in [0.2, 0.25) is 5.88 Å². The molecule has 0 atom stereocenters. The maximum atomic E-state index is 5.92. The SMILES string of the molecule is Cc1c(N)nc(C(C)C)nc1OCCCc1ccccc1. The lowest BCUT2D eigenvalue weighted by atomic mass is 10.1. The molecule has 0 bridgehead atoms. The predicted octanol–water partition coefficient (Wildman–Crippen LogP) is 3.50. The molecule has 0 saturated carbocycles. The van der Waals surface area contributed by atoms with Crippen molar-refractivity contribution in [2.75, 3.05) is 12.3 Å². The van der Waals surface area contributed by atoms with Gasteiger partial charge in [0, 0.05) is 5.92 Å². The number of anilines is 1. The smallest absolute Gasteiger partial charge is 0.221 e. The van der Waals surface area contributed by atoms with Crippen molar-refractivity contribution in [2.24, 2.45) is 0 Å². The number of hydrogen-bond donors (Lipinski definition) is 1. The van der Waals surface area contributed by atoms with Crippen LogP contribution in [0.15, 0.2) is 30.3 Å². The van der Waals surface area contributed by atoms with Crippen LogP contribution >= 0.6 is 0 Å². The molecular weight excluding hydrogens is 262 g/mol. The summed E-state index contributed by atoms with van der Waals surface area (Å²) < 4.78 is 5.80. The highest BCUT2D eigenvalue weighted by atomic mass is 16.5. The summed E-state index contributed by atoms with van der Waals surface area (Å²) in [7, 11) is 0. The molecule has 112 valence electrons. The van der Waals surface area contributed by atoms with Crippen LogP contribution in [0.3, 0.4) is 0 Å². The molecule has 2 aromatic rings. The molecule has 1 aromatic heterocycles. The Morgan fingerprint density at radius 2 is 1.86 bits per heavy atom. The third-order valence-corrected chi connectivity index (χ3v) is 3.36. The molecule has 0 amide bonds. The van der Waals surface area contributed by atoms with Gasteiger partial charge < -0.3 is 10.5 Å². The van der Waals surface area contributed by atoms with Gasteiger partial charge in [0.15, 0.2) is 0 Å². The van der Waals surface area contributed by atoms with E-state index in [4.69, 9.17) is 10.5 Å². The zero-order valence-electron chi connectivity index (χ0n) is 13.0. The van der Waals surface area contributed by atoms with Gasteiger partial charge in [-0.2, -0.15) is 4.98 Å². The Morgan fingerprint density at radius 3 is 2.52 bits per heavy atom. The van der Waals surface area contributed by atoms with Crippen molar-refractivity contribution < 1.29 is 4.74 Å². The fourth-order valence-electron chi connectivity index (χ4n) is 2.02. The van der Waals surface area contributed by atoms with Crippen LogP contribution in [-0.4, -0.2) is 16.6 Å². The Balaban J connectivity index is 1.93. The Morgan fingerprint density at radius 1 is 1.14 bits per heavy atom. The molecule has 0 aliphatic carbocycles. The number of hydrogen-bond acceptors (Lipinski definition) is 4. The largest absolute Gasteiger partial charge is 0.477 e. The normalized spacial score (nSPS) is 10.9. The molecule has 0 radical (unpaired) electrons. The maximum Gasteiger partial charge on any atom is 0.221 e. The van der Waals surface area contributed by atoms with Crippen molar-refractivity contribution >= 4 is 5.82 Å². The molecule has 21 heavy (non-hydrogen) atoms. The Hall–Kier alpha value is -2.10. The minimum atomic E-state index is 0.236. The molecule has 0 unspecified atom stereocenters. The molecule has 0 spiro atoms. The van der Waals surface area contributed by atoms with Gasteiger partial charge in [-0.15, -0.1) is 0 Å². The molecule has 2 N–H and O–H groups in total. The van der Waals surface area contributed by atoms with Gasteiger partial charge in [0.1, 0.15) is 11.6 Å². The summed E-state index contributed by atoms with van der Waals surface area (Å²) in [4.78, 5) is 8.76. The first-order chi connectivity index (χ1) is 10.1. The molecule has 0 saturated heterocycles. The van der Waals surface area contributed by atoms with E-state index in [9.17, 15) is 0 Å². The van der Waals surface area contributed by atoms with Gasteiger partial charge in [-0.1, -0.05) is 44.2 Å². The number of ether oxygens (including phenoxy) is 1. The third-order valence-electron chi connectivity index (χ3n) is 3.36. The Bertz CT molecular complexity index is 582. The van der Waals surface area contributed by atoms with Crippen molar-refractivity contribution in [3.8, 4) is 5.88 Å². The van der Waals surface area contributed by atoms with Gasteiger partial charge in [0.25, 0.3) is 0 Å². The lowest BCUT2D eigenvalue weighted by Gasteiger charge is -2.12. The van der Waals surface area contributed by atoms with Crippen LogP contribution in [0.4, 0.5) is 5.82 Å². The predicted molar refractivity (Wildman–Crippen MR) is 85.5 cm³/mol. The molecule has 0 aliphatic rings. The quantitative estimate of drug-likeness (QED) is 0.825. The first-order valence-corrected chi connectivity index (χ1v) is 7.38. The zero-order chi connectivity index (χ0) is 15.2. The van der Waals surface area contributed by atoms with E-state index in [-0.39, 0.29) is 5.92 Å². The second-order valence-electron chi connectivity index (χ2n) is 5.49. The second-order valence-corrected chi connectivity index (χ2v) is 5.49. The molecule has 0 aliphatic heterocycles. The number of rotatable bonds is 6. The van der Waals surface area contributed by atoms with E-state index >= 15 is 0 Å². The Kier molecular flexibility index (Phi) is 5.14. The molecule has 1 heterocycles. The van der Waals surface area contributed by atoms with Crippen molar-refractivity contribution in [1.82, 2.24) is 9.97 Å². The van der Waals surface area contributed by atoms with Gasteiger partial charge in [-0.05, 0) is 25.3 Å². The minimum Gasteiger partial charge on any atom is -0.477 e. The average molecular weight is 285 g/mol. The van der Waals surface area contributed by atoms with E-state index in [1.165, 1.54) is 5.56 Å². The minimum absolute atomic E-state index is 0.236. The van der Waals surface area contributed by atoms with E-state index in [1.54, 1.807) is 0 Å². The summed E-state index contributed by atoms with van der Waals surface area (Å²) in [6.07, 6.45) is 1.95. The van der Waals surface area contributed by atoms with Crippen LogP contribution in [0.5, 0.6) is 5.88 Å². The number of nitrogens with two attached hydrogens (primary N) is 1. The highest BCUT2D eigenvalue weighted by molar-refractivity contribution is 5.44. The Labute approximate surface area is 126 Å². The van der Waals surface area contributed by atoms with E-state index in [1.807, 2.05) is 26.8 Å². The van der Waals surface area contributed by atoms with E-state index in [2.05, 4.69) is 34.2 Å². The van der Waals surface area contributed by atoms with Crippen molar-refractivity contribution in [1.29, 1.82) is 0 Å². The third kappa shape index (κ3) is 4.18. The molecule has 1 aromatic carbocycles. The second kappa shape index (κ2) is 7.07. The summed E-state index contributed by atoms with van der Waals surface area (Å²) in [6.45, 7) is 6.61. The first-order valence-electron chi connectivity index (χ1n) is 7.38. The monoisotopic (exact) mass is 285 g/mol. The molecule has 4 heteroatoms. The van der Waals surface area contributed by atoms with Crippen LogP contribution in [0.2, 0.25) is 0 Å². The standard InChI is InChI=1S/C17H23N3O/c1-12(2)16-19-15(18)13(3)17(20-16)21-11-7-10-14-8-5-4-6-9-14/h4-6,8-9,12H,7,10-11H2,1-3H3,(H2,18,19,20). The van der Waals surface area contributed by atoms with Crippen LogP contribution in [0, 0.1) is 6.92 Å². The highest BCUT2D eigenvalue weighted by Crippen LogP contribution is 2.22. The number of benzene rings is 1. The van der Waals surface area contributed by atoms with Crippen LogP contribution in [0.25, 0.3) is 0 Å². The summed E-state index contributed by atoms with van der Waals surface area (Å²) in [5.74, 6) is 2.08. The topological polar surface area (TPSA) is 61.0 Å². The van der Waals surface area contributed by atoms with Gasteiger partial charge in [-0.25, -0.2) is 4.98 Å². The van der Waals surface area contributed by atoms with Crippen LogP contribution < -0.4 is 10.5 Å². The molecule has 2 rings (SSSR count). The van der Waals surface area contributed by atoms with Gasteiger partial charge in [-0.3, -0.25) is 0 Å². The molecule has 0 fully saturated rings. The lowest BCUT2D eigenvalue weighted by molar-refractivity contribution is 0.295. The van der Waals surface area contributed by atoms with Gasteiger partial charge in [0.05, 0.1) is 12.2 Å². The van der Waals surface area contributed by atoms with Crippen molar-refractivity contribution in [3.05, 3.63) is 47.3 Å². The van der Waals surface area contributed by atoms with E-state index < -0.39 is 0 Å². The first kappa shape index (κ1) is 15.3. The summed E-state index contributed by atoms with van der Waals surface area (Å²) in [6, 6.07) is 10.4. The van der Waals surface area contributed by atoms with E-state index in [0.29, 0.717) is 18.3 Å². The summed E-state index contributed by atoms with van der Waals surface area (Å²) in [5.41, 5.74) is 8.06. The summed E-state index contributed by atoms with van der Waals surface area (Å²) in [5, 5.41) is 0. The molecule has 4 nitrogen and oxygen atoms in total. The highest BCUT2D eigenvalue weighted by Gasteiger charge is 2.12. The maximum absolute atomic E-state index is 5.92. The van der Waals surface area contributed by atoms with Crippen LogP contribution in [0.1, 0.15) is 43.1 Å². The average Bonchev–Trinajstić information content (AvgIpc) is 2.48. The molecular formula is C17H23N3O. The lowest BCUT2D eigenvalue weighted by Crippen LogP contribution is -2.09. The zero-order valence-corrected chi connectivity index (χ0v) is 13.0. The van der Waals surface area contributed by atoms with Crippen molar-refractivity contribution in [2.45, 2.75) is 39.5 Å². The number of nitrogen functional groups attached to an aromatic ring is 1. The number of aryl methyl sites for hydroxylation is 1. The fourth-order valence-corrected chi connectivity index (χ4v) is 2.02. The number of aromatic nitrogens is 2. The van der Waals surface area contributed by atoms with Crippen molar-refractivity contribution in [3.63, 3.8) is 0 Å². The summed E-state index contributed by atoms with van der Waals surface area (Å²) >= 11 is 0. The van der Waals surface area contributed by atoms with Crippen LogP contribution in [-0.2, 0) is 6.42 Å². The van der Waals surface area contributed by atoms with Gasteiger partial charge >= 0.3 is 0 Å². The number of nitrogens with zero attached hydrogens (tertiary/aromatic N) is 2. The van der Waals surface area contributed by atoms with E-state index in [0.717, 1.165) is 24.2 Å². The fraction of sp³-hybridized carbons (Fsp3) is 0.412.